The zero-order chi connectivity index (χ0) is 5.98. The third-order valence-corrected chi connectivity index (χ3v) is 1.52. The Morgan fingerprint density at radius 1 is 1.30 bits per heavy atom. The molecule has 0 aromatic heterocycles. The van der Waals surface area contributed by atoms with E-state index in [0.29, 0.717) is 0 Å². The maximum absolute atomic E-state index is 3.89. The molecule has 0 heteroatoms. The van der Waals surface area contributed by atoms with E-state index < -0.39 is 0 Å². The molecule has 0 nitrogen and oxygen atoms in total. The van der Waals surface area contributed by atoms with Crippen molar-refractivity contribution in [1.29, 1.82) is 0 Å². The van der Waals surface area contributed by atoms with Gasteiger partial charge in [-0.1, -0.05) is 38.7 Å². The third-order valence-electron chi connectivity index (χ3n) is 1.52. The lowest BCUT2D eigenvalue weighted by molar-refractivity contribution is 0.786. The summed E-state index contributed by atoms with van der Waals surface area (Å²) < 4.78 is 0. The van der Waals surface area contributed by atoms with Crippen LogP contribution in [-0.4, -0.2) is 0 Å². The van der Waals surface area contributed by atoms with Crippen LogP contribution in [-0.2, 0) is 0 Å². The van der Waals surface area contributed by atoms with Crippen molar-refractivity contribution in [3.63, 3.8) is 0 Å². The molecule has 0 aromatic carbocycles. The highest BCUT2D eigenvalue weighted by Crippen LogP contribution is 2.19. The molecular formula is C10H20. The van der Waals surface area contributed by atoms with Crippen LogP contribution >= 0.6 is 0 Å². The lowest BCUT2D eigenvalue weighted by atomic mass is 9.98. The summed E-state index contributed by atoms with van der Waals surface area (Å²) in [5, 5.41) is 0. The van der Waals surface area contributed by atoms with Crippen molar-refractivity contribution in [1.82, 2.24) is 0 Å². The van der Waals surface area contributed by atoms with Crippen molar-refractivity contribution >= 4 is 0 Å². The summed E-state index contributed by atoms with van der Waals surface area (Å²) in [5.74, 6) is 0. The molecular weight excluding hydrogens is 120 g/mol. The molecule has 0 atom stereocenters. The van der Waals surface area contributed by atoms with Crippen molar-refractivity contribution in [2.45, 2.75) is 41.0 Å². The standard InChI is InChI=1S/C8H12.2CH4/c1-7-4-3-5-8(2)6-7;;/h6H,1,3-5H2,2H3;2*1H4. The van der Waals surface area contributed by atoms with Crippen molar-refractivity contribution in [2.24, 2.45) is 0 Å². The van der Waals surface area contributed by atoms with Crippen LogP contribution in [0.25, 0.3) is 0 Å². The summed E-state index contributed by atoms with van der Waals surface area (Å²) in [7, 11) is 0. The summed E-state index contributed by atoms with van der Waals surface area (Å²) in [6.45, 7) is 6.06. The first-order chi connectivity index (χ1) is 3.79. The maximum Gasteiger partial charge on any atom is -0.0282 e. The molecule has 0 unspecified atom stereocenters. The predicted molar refractivity (Wildman–Crippen MR) is 50.2 cm³/mol. The lowest BCUT2D eigenvalue weighted by Crippen LogP contribution is -1.88. The van der Waals surface area contributed by atoms with Gasteiger partial charge in [0.15, 0.2) is 0 Å². The SMILES string of the molecule is C.C.C=C1C=C(C)CCC1. The lowest BCUT2D eigenvalue weighted by Gasteiger charge is -2.08. The van der Waals surface area contributed by atoms with E-state index in [9.17, 15) is 0 Å². The van der Waals surface area contributed by atoms with Crippen molar-refractivity contribution in [3.05, 3.63) is 23.8 Å². The molecule has 1 aliphatic carbocycles. The van der Waals surface area contributed by atoms with Crippen molar-refractivity contribution < 1.29 is 0 Å². The van der Waals surface area contributed by atoms with E-state index in [2.05, 4.69) is 19.6 Å². The van der Waals surface area contributed by atoms with E-state index in [1.807, 2.05) is 0 Å². The van der Waals surface area contributed by atoms with Gasteiger partial charge in [-0.25, -0.2) is 0 Å². The zero-order valence-corrected chi connectivity index (χ0v) is 5.41. The van der Waals surface area contributed by atoms with Gasteiger partial charge in [0.05, 0.1) is 0 Å². The van der Waals surface area contributed by atoms with Crippen LogP contribution in [0.5, 0.6) is 0 Å². The minimum absolute atomic E-state index is 0. The topological polar surface area (TPSA) is 0 Å². The second-order valence-electron chi connectivity index (χ2n) is 2.50. The summed E-state index contributed by atoms with van der Waals surface area (Å²) in [6, 6.07) is 0. The Labute approximate surface area is 65.7 Å². The van der Waals surface area contributed by atoms with E-state index >= 15 is 0 Å². The van der Waals surface area contributed by atoms with E-state index in [0.717, 1.165) is 0 Å². The van der Waals surface area contributed by atoms with Crippen molar-refractivity contribution in [3.8, 4) is 0 Å². The minimum atomic E-state index is 0. The van der Waals surface area contributed by atoms with Gasteiger partial charge in [0.2, 0.25) is 0 Å². The number of rotatable bonds is 0. The first kappa shape index (κ1) is 12.2. The van der Waals surface area contributed by atoms with Gasteiger partial charge < -0.3 is 0 Å². The summed E-state index contributed by atoms with van der Waals surface area (Å²) in [4.78, 5) is 0. The molecule has 10 heavy (non-hydrogen) atoms. The smallest absolute Gasteiger partial charge is 0.0282 e. The highest BCUT2D eigenvalue weighted by atomic mass is 14.1. The Morgan fingerprint density at radius 3 is 2.20 bits per heavy atom. The van der Waals surface area contributed by atoms with E-state index in [1.54, 1.807) is 0 Å². The average Bonchev–Trinajstić information content (AvgIpc) is 1.64. The Hall–Kier alpha value is -0.520. The largest absolute Gasteiger partial charge is 0.0958 e. The molecule has 0 aliphatic heterocycles. The summed E-state index contributed by atoms with van der Waals surface area (Å²) in [6.07, 6.45) is 5.99. The highest BCUT2D eigenvalue weighted by Gasteiger charge is 1.99. The fourth-order valence-corrected chi connectivity index (χ4v) is 1.09. The molecule has 0 saturated carbocycles. The predicted octanol–water partition coefficient (Wildman–Crippen LogP) is 3.95. The van der Waals surface area contributed by atoms with Gasteiger partial charge in [-0.15, -0.1) is 0 Å². The van der Waals surface area contributed by atoms with E-state index in [1.165, 1.54) is 30.4 Å². The second kappa shape index (κ2) is 5.28. The molecule has 0 bridgehead atoms. The second-order valence-corrected chi connectivity index (χ2v) is 2.50. The zero-order valence-electron chi connectivity index (χ0n) is 5.41. The van der Waals surface area contributed by atoms with Crippen LogP contribution in [0.4, 0.5) is 0 Å². The fourth-order valence-electron chi connectivity index (χ4n) is 1.09. The van der Waals surface area contributed by atoms with Gasteiger partial charge in [-0.05, 0) is 26.2 Å². The van der Waals surface area contributed by atoms with Crippen LogP contribution in [0.15, 0.2) is 23.8 Å². The summed E-state index contributed by atoms with van der Waals surface area (Å²) >= 11 is 0. The maximum atomic E-state index is 3.89. The molecule has 0 amide bonds. The highest BCUT2D eigenvalue weighted by molar-refractivity contribution is 5.22. The molecule has 1 rings (SSSR count). The van der Waals surface area contributed by atoms with E-state index in [4.69, 9.17) is 0 Å². The van der Waals surface area contributed by atoms with E-state index in [-0.39, 0.29) is 14.9 Å². The number of hydrogen-bond acceptors (Lipinski definition) is 0. The average molecular weight is 140 g/mol. The Bertz CT molecular complexity index is 129. The molecule has 60 valence electrons. The quantitative estimate of drug-likeness (QED) is 0.478. The molecule has 0 aromatic rings. The monoisotopic (exact) mass is 140 g/mol. The normalized spacial score (nSPS) is 16.5. The molecule has 0 N–H and O–H groups in total. The van der Waals surface area contributed by atoms with Crippen LogP contribution in [0.3, 0.4) is 0 Å². The fraction of sp³-hybridized carbons (Fsp3) is 0.600. The van der Waals surface area contributed by atoms with Gasteiger partial charge in [0.25, 0.3) is 0 Å². The Morgan fingerprint density at radius 2 is 1.90 bits per heavy atom. The molecule has 0 heterocycles. The molecule has 0 spiro atoms. The molecule has 1 aliphatic rings. The first-order valence-electron chi connectivity index (χ1n) is 3.14. The molecule has 0 fully saturated rings. The van der Waals surface area contributed by atoms with Crippen LogP contribution < -0.4 is 0 Å². The molecule has 0 saturated heterocycles. The van der Waals surface area contributed by atoms with Gasteiger partial charge in [0, 0.05) is 0 Å². The van der Waals surface area contributed by atoms with Gasteiger partial charge >= 0.3 is 0 Å². The minimum Gasteiger partial charge on any atom is -0.0958 e. The molecule has 0 radical (unpaired) electrons. The third kappa shape index (κ3) is 3.49. The van der Waals surface area contributed by atoms with Crippen LogP contribution in [0, 0.1) is 0 Å². The van der Waals surface area contributed by atoms with Crippen LogP contribution in [0.1, 0.15) is 41.0 Å². The Kier molecular flexibility index (Phi) is 6.43. The van der Waals surface area contributed by atoms with Gasteiger partial charge in [-0.2, -0.15) is 0 Å². The Balaban J connectivity index is 0. The number of allylic oxidation sites excluding steroid dienone is 3. The number of hydrogen-bond donors (Lipinski definition) is 0. The summed E-state index contributed by atoms with van der Waals surface area (Å²) in [5.41, 5.74) is 2.79. The van der Waals surface area contributed by atoms with Gasteiger partial charge in [-0.3, -0.25) is 0 Å². The first-order valence-corrected chi connectivity index (χ1v) is 3.14. The van der Waals surface area contributed by atoms with Gasteiger partial charge in [0.1, 0.15) is 0 Å². The van der Waals surface area contributed by atoms with Crippen LogP contribution in [0.2, 0.25) is 0 Å². The van der Waals surface area contributed by atoms with Crippen molar-refractivity contribution in [2.75, 3.05) is 0 Å².